The molecule has 3 aromatic rings. The maximum absolute atomic E-state index is 15.9. The molecule has 2 fully saturated rings. The van der Waals surface area contributed by atoms with Gasteiger partial charge >= 0.3 is 6.18 Å². The van der Waals surface area contributed by atoms with E-state index < -0.39 is 34.6 Å². The van der Waals surface area contributed by atoms with E-state index >= 15 is 4.39 Å². The first-order chi connectivity index (χ1) is 21.4. The molecular formula is C32H35F4N7O2. The molecule has 13 heteroatoms. The van der Waals surface area contributed by atoms with Gasteiger partial charge in [-0.2, -0.15) is 18.3 Å². The van der Waals surface area contributed by atoms with Crippen molar-refractivity contribution in [3.05, 3.63) is 81.2 Å². The van der Waals surface area contributed by atoms with Crippen LogP contribution >= 0.6 is 0 Å². The summed E-state index contributed by atoms with van der Waals surface area (Å²) < 4.78 is 57.2. The molecule has 1 saturated carbocycles. The Morgan fingerprint density at radius 3 is 2.38 bits per heavy atom. The number of alkyl halides is 3. The Kier molecular flexibility index (Phi) is 8.14. The molecule has 1 aliphatic carbocycles. The Balaban J connectivity index is 1.32. The van der Waals surface area contributed by atoms with Gasteiger partial charge in [0, 0.05) is 62.0 Å². The Morgan fingerprint density at radius 1 is 1.04 bits per heavy atom. The molecule has 2 N–H and O–H groups in total. The first-order valence-electron chi connectivity index (χ1n) is 15.1. The molecule has 2 atom stereocenters. The molecule has 1 aromatic carbocycles. The number of aromatic amines is 1. The molecule has 6 rings (SSSR count). The minimum absolute atomic E-state index is 0.101. The van der Waals surface area contributed by atoms with Gasteiger partial charge in [-0.15, -0.1) is 5.10 Å². The Bertz CT molecular complexity index is 1670. The summed E-state index contributed by atoms with van der Waals surface area (Å²) in [6, 6.07) is 7.36. The predicted molar refractivity (Wildman–Crippen MR) is 164 cm³/mol. The number of amides is 1. The van der Waals surface area contributed by atoms with Crippen LogP contribution in [0.2, 0.25) is 0 Å². The van der Waals surface area contributed by atoms with Crippen molar-refractivity contribution < 1.29 is 22.4 Å². The summed E-state index contributed by atoms with van der Waals surface area (Å²) in [5.41, 5.74) is -0.532. The maximum Gasteiger partial charge on any atom is 0.417 e. The second-order valence-corrected chi connectivity index (χ2v) is 12.2. The SMILES string of the molecule is CC1CN(c2cc(F)c(C3=CCN(c4ccc(C5CC5)nn4)CC3)cc2NC(=O)c2c[nH]c(=O)cc2C(F)(F)F)CC(C)N1C. The van der Waals surface area contributed by atoms with Crippen LogP contribution in [0.25, 0.3) is 5.57 Å². The lowest BCUT2D eigenvalue weighted by Gasteiger charge is -2.44. The third kappa shape index (κ3) is 6.44. The van der Waals surface area contributed by atoms with Gasteiger partial charge in [-0.1, -0.05) is 6.08 Å². The molecule has 2 unspecified atom stereocenters. The Morgan fingerprint density at radius 2 is 1.78 bits per heavy atom. The average molecular weight is 626 g/mol. The molecule has 9 nitrogen and oxygen atoms in total. The minimum atomic E-state index is -4.93. The fraction of sp³-hybridized carbons (Fsp3) is 0.438. The zero-order chi connectivity index (χ0) is 32.0. The van der Waals surface area contributed by atoms with E-state index in [0.29, 0.717) is 55.8 Å². The number of nitrogens with one attached hydrogen (secondary N) is 2. The number of likely N-dealkylation sites (N-methyl/N-ethyl adjacent to an activating group) is 1. The number of H-pyrrole nitrogens is 1. The van der Waals surface area contributed by atoms with E-state index in [1.807, 2.05) is 48.9 Å². The summed E-state index contributed by atoms with van der Waals surface area (Å²) in [5.74, 6) is -0.320. The molecule has 2 aromatic heterocycles. The number of anilines is 3. The van der Waals surface area contributed by atoms with Crippen molar-refractivity contribution in [2.45, 2.75) is 57.3 Å². The normalized spacial score (nSPS) is 21.1. The third-order valence-electron chi connectivity index (χ3n) is 9.05. The summed E-state index contributed by atoms with van der Waals surface area (Å²) in [5, 5.41) is 11.4. The minimum Gasteiger partial charge on any atom is -0.367 e. The van der Waals surface area contributed by atoms with Crippen LogP contribution in [0.3, 0.4) is 0 Å². The summed E-state index contributed by atoms with van der Waals surface area (Å²) in [4.78, 5) is 33.4. The number of carbonyl (C=O) groups is 1. The van der Waals surface area contributed by atoms with Crippen LogP contribution in [0.15, 0.2) is 47.4 Å². The highest BCUT2D eigenvalue weighted by Crippen LogP contribution is 2.40. The molecular weight excluding hydrogens is 590 g/mol. The summed E-state index contributed by atoms with van der Waals surface area (Å²) in [6.07, 6.45) is 0.476. The zero-order valence-corrected chi connectivity index (χ0v) is 25.3. The van der Waals surface area contributed by atoms with Gasteiger partial charge in [0.05, 0.1) is 28.2 Å². The monoisotopic (exact) mass is 625 g/mol. The first kappa shape index (κ1) is 30.8. The first-order valence-corrected chi connectivity index (χ1v) is 15.1. The highest BCUT2D eigenvalue weighted by atomic mass is 19.4. The second kappa shape index (κ2) is 11.9. The Labute approximate surface area is 257 Å². The average Bonchev–Trinajstić information content (AvgIpc) is 3.86. The second-order valence-electron chi connectivity index (χ2n) is 12.2. The lowest BCUT2D eigenvalue weighted by atomic mass is 9.96. The summed E-state index contributed by atoms with van der Waals surface area (Å²) in [7, 11) is 2.00. The van der Waals surface area contributed by atoms with E-state index in [2.05, 4.69) is 25.4 Å². The third-order valence-corrected chi connectivity index (χ3v) is 9.05. The summed E-state index contributed by atoms with van der Waals surface area (Å²) in [6.45, 7) is 6.13. The van der Waals surface area contributed by atoms with Crippen LogP contribution in [-0.2, 0) is 6.18 Å². The lowest BCUT2D eigenvalue weighted by molar-refractivity contribution is -0.138. The van der Waals surface area contributed by atoms with Crippen LogP contribution in [-0.4, -0.2) is 71.3 Å². The number of pyridine rings is 1. The van der Waals surface area contributed by atoms with Crippen molar-refractivity contribution in [3.8, 4) is 0 Å². The van der Waals surface area contributed by atoms with Crippen molar-refractivity contribution in [2.75, 3.05) is 48.3 Å². The molecule has 3 aliphatic rings. The molecule has 1 amide bonds. The molecule has 45 heavy (non-hydrogen) atoms. The van der Waals surface area contributed by atoms with Gasteiger partial charge < -0.3 is 20.1 Å². The number of carbonyl (C=O) groups excluding carboxylic acids is 1. The number of piperazine rings is 1. The van der Waals surface area contributed by atoms with Crippen LogP contribution in [0, 0.1) is 5.82 Å². The predicted octanol–water partition coefficient (Wildman–Crippen LogP) is 5.28. The van der Waals surface area contributed by atoms with Crippen LogP contribution in [0.5, 0.6) is 0 Å². The smallest absolute Gasteiger partial charge is 0.367 e. The number of nitrogens with zero attached hydrogens (tertiary/aromatic N) is 5. The van der Waals surface area contributed by atoms with E-state index in [0.717, 1.165) is 30.6 Å². The van der Waals surface area contributed by atoms with Gasteiger partial charge in [0.2, 0.25) is 5.56 Å². The zero-order valence-electron chi connectivity index (χ0n) is 25.3. The van der Waals surface area contributed by atoms with Crippen LogP contribution in [0.4, 0.5) is 34.8 Å². The van der Waals surface area contributed by atoms with E-state index in [1.165, 1.54) is 12.1 Å². The highest BCUT2D eigenvalue weighted by Gasteiger charge is 2.36. The number of rotatable bonds is 6. The molecule has 4 heterocycles. The summed E-state index contributed by atoms with van der Waals surface area (Å²) >= 11 is 0. The van der Waals surface area contributed by atoms with Crippen LogP contribution in [0.1, 0.15) is 66.2 Å². The fourth-order valence-corrected chi connectivity index (χ4v) is 6.08. The molecule has 1 saturated heterocycles. The number of hydrogen-bond donors (Lipinski definition) is 2. The maximum atomic E-state index is 15.9. The quantitative estimate of drug-likeness (QED) is 0.360. The fourth-order valence-electron chi connectivity index (χ4n) is 6.08. The molecule has 0 bridgehead atoms. The van der Waals surface area contributed by atoms with E-state index in [1.54, 1.807) is 0 Å². The standard InChI is InChI=1S/C32H35F4N7O2/c1-18-16-43(17-19(2)41(18)3)28-14-25(33)22(12-27(28)38-31(45)23-15-37-30(44)13-24(23)32(34,35)36)20-8-10-42(11-9-20)29-7-6-26(39-40-29)21-4-5-21/h6-8,12-15,18-19,21H,4-5,9-11,16-17H2,1-3H3,(H,37,44)(H,38,45). The highest BCUT2D eigenvalue weighted by molar-refractivity contribution is 6.07. The molecule has 238 valence electrons. The van der Waals surface area contributed by atoms with Gasteiger partial charge in [0.25, 0.3) is 5.91 Å². The van der Waals surface area contributed by atoms with Crippen molar-refractivity contribution in [1.82, 2.24) is 20.1 Å². The topological polar surface area (TPSA) is 97.5 Å². The molecule has 0 radical (unpaired) electrons. The number of benzene rings is 1. The largest absolute Gasteiger partial charge is 0.417 e. The van der Waals surface area contributed by atoms with E-state index in [-0.39, 0.29) is 23.3 Å². The van der Waals surface area contributed by atoms with Crippen molar-refractivity contribution in [2.24, 2.45) is 0 Å². The van der Waals surface area contributed by atoms with Gasteiger partial charge in [-0.25, -0.2) is 4.39 Å². The van der Waals surface area contributed by atoms with E-state index in [9.17, 15) is 22.8 Å². The van der Waals surface area contributed by atoms with Gasteiger partial charge in [-0.05, 0) is 70.0 Å². The van der Waals surface area contributed by atoms with Gasteiger partial charge in [0.15, 0.2) is 5.82 Å². The van der Waals surface area contributed by atoms with Gasteiger partial charge in [0.1, 0.15) is 5.82 Å². The van der Waals surface area contributed by atoms with Crippen molar-refractivity contribution in [1.29, 1.82) is 0 Å². The number of halogens is 4. The molecule has 0 spiro atoms. The lowest BCUT2D eigenvalue weighted by Crippen LogP contribution is -2.55. The van der Waals surface area contributed by atoms with Crippen LogP contribution < -0.4 is 20.7 Å². The van der Waals surface area contributed by atoms with Crippen molar-refractivity contribution in [3.63, 3.8) is 0 Å². The van der Waals surface area contributed by atoms with Crippen molar-refractivity contribution >= 4 is 28.7 Å². The van der Waals surface area contributed by atoms with E-state index in [4.69, 9.17) is 0 Å². The number of aromatic nitrogens is 3. The number of hydrogen-bond acceptors (Lipinski definition) is 7. The Hall–Kier alpha value is -4.26. The van der Waals surface area contributed by atoms with Gasteiger partial charge in [-0.3, -0.25) is 14.5 Å². The molecule has 2 aliphatic heterocycles.